The van der Waals surface area contributed by atoms with Crippen molar-refractivity contribution in [3.05, 3.63) is 22.7 Å². The average Bonchev–Trinajstić information content (AvgIpc) is 2.81. The van der Waals surface area contributed by atoms with Gasteiger partial charge in [-0.25, -0.2) is 4.98 Å². The predicted molar refractivity (Wildman–Crippen MR) is 67.7 cm³/mol. The van der Waals surface area contributed by atoms with Crippen LogP contribution >= 0.6 is 22.9 Å². The Kier molecular flexibility index (Phi) is 2.71. The molecule has 3 heterocycles. The van der Waals surface area contributed by atoms with Gasteiger partial charge in [0.1, 0.15) is 5.82 Å². The molecule has 0 amide bonds. The molecule has 1 aliphatic heterocycles. The van der Waals surface area contributed by atoms with Crippen molar-refractivity contribution in [2.24, 2.45) is 0 Å². The second-order valence-electron chi connectivity index (χ2n) is 3.69. The molecule has 2 aromatic rings. The van der Waals surface area contributed by atoms with Crippen LogP contribution < -0.4 is 4.90 Å². The van der Waals surface area contributed by atoms with Gasteiger partial charge in [-0.1, -0.05) is 11.6 Å². The molecule has 84 valence electrons. The van der Waals surface area contributed by atoms with Gasteiger partial charge in [-0.3, -0.25) is 0 Å². The fourth-order valence-electron chi connectivity index (χ4n) is 1.94. The number of fused-ring (bicyclic) bond motifs is 1. The van der Waals surface area contributed by atoms with E-state index in [1.54, 1.807) is 17.5 Å². The third-order valence-electron chi connectivity index (χ3n) is 2.73. The molecule has 0 unspecified atom stereocenters. The van der Waals surface area contributed by atoms with E-state index in [1.165, 1.54) is 0 Å². The summed E-state index contributed by atoms with van der Waals surface area (Å²) in [6.07, 6.45) is 1.74. The maximum absolute atomic E-state index is 6.11. The number of thiophene rings is 1. The van der Waals surface area contributed by atoms with Crippen molar-refractivity contribution < 1.29 is 4.74 Å². The Bertz CT molecular complexity index is 508. The lowest BCUT2D eigenvalue weighted by atomic mass is 10.3. The van der Waals surface area contributed by atoms with Gasteiger partial charge in [0, 0.05) is 24.7 Å². The van der Waals surface area contributed by atoms with Crippen LogP contribution in [0.4, 0.5) is 5.82 Å². The highest BCUT2D eigenvalue weighted by atomic mass is 35.5. The zero-order valence-electron chi connectivity index (χ0n) is 8.65. The summed E-state index contributed by atoms with van der Waals surface area (Å²) >= 11 is 7.78. The summed E-state index contributed by atoms with van der Waals surface area (Å²) in [5.74, 6) is 1.03. The molecule has 0 aromatic carbocycles. The van der Waals surface area contributed by atoms with E-state index in [9.17, 15) is 0 Å². The first-order valence-electron chi connectivity index (χ1n) is 5.20. The lowest BCUT2D eigenvalue weighted by molar-refractivity contribution is 0.122. The molecule has 0 atom stereocenters. The molecular weight excluding hydrogens is 244 g/mol. The number of rotatable bonds is 1. The molecule has 0 spiro atoms. The van der Waals surface area contributed by atoms with Gasteiger partial charge in [-0.2, -0.15) is 0 Å². The number of anilines is 1. The van der Waals surface area contributed by atoms with Crippen LogP contribution in [0, 0.1) is 0 Å². The molecule has 5 heteroatoms. The average molecular weight is 255 g/mol. The van der Waals surface area contributed by atoms with Crippen LogP contribution in [0.1, 0.15) is 0 Å². The van der Waals surface area contributed by atoms with Gasteiger partial charge >= 0.3 is 0 Å². The van der Waals surface area contributed by atoms with Crippen molar-refractivity contribution in [2.75, 3.05) is 31.2 Å². The Morgan fingerprint density at radius 1 is 1.38 bits per heavy atom. The van der Waals surface area contributed by atoms with Gasteiger partial charge < -0.3 is 9.64 Å². The predicted octanol–water partition coefficient (Wildman–Crippen LogP) is 2.79. The quantitative estimate of drug-likeness (QED) is 0.783. The van der Waals surface area contributed by atoms with E-state index in [0.717, 1.165) is 47.2 Å². The minimum atomic E-state index is 0.738. The van der Waals surface area contributed by atoms with Crippen LogP contribution in [-0.2, 0) is 4.74 Å². The number of halogens is 1. The van der Waals surface area contributed by atoms with Crippen LogP contribution in [0.5, 0.6) is 0 Å². The van der Waals surface area contributed by atoms with Crippen molar-refractivity contribution in [3.63, 3.8) is 0 Å². The van der Waals surface area contributed by atoms with E-state index in [1.807, 2.05) is 0 Å². The smallest absolute Gasteiger partial charge is 0.137 e. The van der Waals surface area contributed by atoms with E-state index in [2.05, 4.69) is 21.3 Å². The minimum absolute atomic E-state index is 0.738. The van der Waals surface area contributed by atoms with Crippen molar-refractivity contribution >= 4 is 38.8 Å². The third-order valence-corrected chi connectivity index (χ3v) is 4.08. The highest BCUT2D eigenvalue weighted by Crippen LogP contribution is 2.34. The molecular formula is C11H11ClN2OS. The molecule has 0 N–H and O–H groups in total. The Morgan fingerprint density at radius 3 is 3.00 bits per heavy atom. The molecule has 16 heavy (non-hydrogen) atoms. The lowest BCUT2D eigenvalue weighted by Gasteiger charge is -2.28. The first-order chi connectivity index (χ1) is 7.86. The summed E-state index contributed by atoms with van der Waals surface area (Å²) in [6.45, 7) is 3.35. The molecule has 0 radical (unpaired) electrons. The van der Waals surface area contributed by atoms with Crippen LogP contribution in [0.25, 0.3) is 10.1 Å². The van der Waals surface area contributed by atoms with Crippen LogP contribution in [-0.4, -0.2) is 31.3 Å². The summed E-state index contributed by atoms with van der Waals surface area (Å²) in [7, 11) is 0. The first kappa shape index (κ1) is 10.3. The Labute approximate surface area is 103 Å². The van der Waals surface area contributed by atoms with Gasteiger partial charge in [0.15, 0.2) is 0 Å². The van der Waals surface area contributed by atoms with Gasteiger partial charge in [0.2, 0.25) is 0 Å². The Morgan fingerprint density at radius 2 is 2.19 bits per heavy atom. The number of morpholine rings is 1. The van der Waals surface area contributed by atoms with E-state index in [4.69, 9.17) is 16.3 Å². The molecule has 3 nitrogen and oxygen atoms in total. The normalized spacial score (nSPS) is 16.9. The number of hydrogen-bond acceptors (Lipinski definition) is 4. The SMILES string of the molecule is Clc1cnc(N2CCOCC2)c2ccsc12. The number of hydrogen-bond donors (Lipinski definition) is 0. The summed E-state index contributed by atoms with van der Waals surface area (Å²) in [5, 5.41) is 3.95. The molecule has 3 rings (SSSR count). The van der Waals surface area contributed by atoms with E-state index in [-0.39, 0.29) is 0 Å². The number of pyridine rings is 1. The summed E-state index contributed by atoms with van der Waals surface area (Å²) in [4.78, 5) is 6.71. The molecule has 1 saturated heterocycles. The van der Waals surface area contributed by atoms with E-state index >= 15 is 0 Å². The van der Waals surface area contributed by atoms with Crippen molar-refractivity contribution in [3.8, 4) is 0 Å². The van der Waals surface area contributed by atoms with Crippen LogP contribution in [0.15, 0.2) is 17.6 Å². The molecule has 1 fully saturated rings. The molecule has 2 aromatic heterocycles. The van der Waals surface area contributed by atoms with Crippen LogP contribution in [0.2, 0.25) is 5.02 Å². The van der Waals surface area contributed by atoms with E-state index < -0.39 is 0 Å². The second-order valence-corrected chi connectivity index (χ2v) is 5.02. The second kappa shape index (κ2) is 4.20. The summed E-state index contributed by atoms with van der Waals surface area (Å²) in [5.41, 5.74) is 0. The number of ether oxygens (including phenoxy) is 1. The van der Waals surface area contributed by atoms with E-state index in [0.29, 0.717) is 0 Å². The minimum Gasteiger partial charge on any atom is -0.378 e. The third kappa shape index (κ3) is 1.67. The monoisotopic (exact) mass is 254 g/mol. The van der Waals surface area contributed by atoms with Gasteiger partial charge in [-0.05, 0) is 11.4 Å². The number of aromatic nitrogens is 1. The zero-order valence-corrected chi connectivity index (χ0v) is 10.2. The molecule has 0 aliphatic carbocycles. The standard InChI is InChI=1S/C11H11ClN2OS/c12-9-7-13-11(8-1-6-16-10(8)9)14-2-4-15-5-3-14/h1,6-7H,2-5H2. The maximum Gasteiger partial charge on any atom is 0.137 e. The van der Waals surface area contributed by atoms with Crippen molar-refractivity contribution in [1.82, 2.24) is 4.98 Å². The van der Waals surface area contributed by atoms with Gasteiger partial charge in [0.05, 0.1) is 22.9 Å². The van der Waals surface area contributed by atoms with Crippen molar-refractivity contribution in [2.45, 2.75) is 0 Å². The van der Waals surface area contributed by atoms with Gasteiger partial charge in [-0.15, -0.1) is 11.3 Å². The fraction of sp³-hybridized carbons (Fsp3) is 0.364. The lowest BCUT2D eigenvalue weighted by Crippen LogP contribution is -2.36. The zero-order chi connectivity index (χ0) is 11.0. The topological polar surface area (TPSA) is 25.4 Å². The van der Waals surface area contributed by atoms with Crippen molar-refractivity contribution in [1.29, 1.82) is 0 Å². The van der Waals surface area contributed by atoms with Gasteiger partial charge in [0.25, 0.3) is 0 Å². The fourth-order valence-corrected chi connectivity index (χ4v) is 3.02. The Hall–Kier alpha value is -0.840. The molecule has 1 aliphatic rings. The number of nitrogens with zero attached hydrogens (tertiary/aromatic N) is 2. The summed E-state index contributed by atoms with van der Waals surface area (Å²) in [6, 6.07) is 2.09. The maximum atomic E-state index is 6.11. The summed E-state index contributed by atoms with van der Waals surface area (Å²) < 4.78 is 6.47. The Balaban J connectivity index is 2.08. The highest BCUT2D eigenvalue weighted by Gasteiger charge is 2.16. The molecule has 0 bridgehead atoms. The first-order valence-corrected chi connectivity index (χ1v) is 6.46. The van der Waals surface area contributed by atoms with Crippen LogP contribution in [0.3, 0.4) is 0 Å². The largest absolute Gasteiger partial charge is 0.378 e. The highest BCUT2D eigenvalue weighted by molar-refractivity contribution is 7.18. The molecule has 0 saturated carbocycles.